The van der Waals surface area contributed by atoms with Gasteiger partial charge in [0.05, 0.1) is 0 Å². The summed E-state index contributed by atoms with van der Waals surface area (Å²) in [5.74, 6) is -0.348. The van der Waals surface area contributed by atoms with Crippen molar-refractivity contribution in [3.05, 3.63) is 34.7 Å². The summed E-state index contributed by atoms with van der Waals surface area (Å²) in [6.45, 7) is -0.172. The van der Waals surface area contributed by atoms with Crippen molar-refractivity contribution < 1.29 is 17.9 Å². The van der Waals surface area contributed by atoms with Crippen LogP contribution in [0.5, 0.6) is 5.75 Å². The first kappa shape index (κ1) is 10.5. The van der Waals surface area contributed by atoms with E-state index in [0.717, 1.165) is 12.1 Å². The second-order valence-corrected chi connectivity index (χ2v) is 2.48. The van der Waals surface area contributed by atoms with Gasteiger partial charge < -0.3 is 4.74 Å². The van der Waals surface area contributed by atoms with Gasteiger partial charge in [-0.25, -0.2) is 0 Å². The van der Waals surface area contributed by atoms with Crippen molar-refractivity contribution in [2.75, 3.05) is 0 Å². The van der Waals surface area contributed by atoms with Crippen LogP contribution in [0.25, 0.3) is 0 Å². The van der Waals surface area contributed by atoms with E-state index in [-0.39, 0.29) is 12.3 Å². The highest BCUT2D eigenvalue weighted by Gasteiger charge is 2.31. The minimum absolute atomic E-state index is 0.172. The zero-order valence-corrected chi connectivity index (χ0v) is 6.91. The lowest BCUT2D eigenvalue weighted by Crippen LogP contribution is -2.17. The number of alkyl halides is 3. The van der Waals surface area contributed by atoms with Crippen LogP contribution in [-0.2, 0) is 6.54 Å². The number of hydrogen-bond donors (Lipinski definition) is 0. The molecule has 3 nitrogen and oxygen atoms in total. The van der Waals surface area contributed by atoms with Gasteiger partial charge in [-0.15, -0.1) is 13.2 Å². The third-order valence-electron chi connectivity index (χ3n) is 1.38. The molecule has 0 saturated heterocycles. The Morgan fingerprint density at radius 2 is 2.07 bits per heavy atom. The highest BCUT2D eigenvalue weighted by Crippen LogP contribution is 2.23. The Morgan fingerprint density at radius 3 is 2.64 bits per heavy atom. The van der Waals surface area contributed by atoms with Crippen molar-refractivity contribution in [3.63, 3.8) is 0 Å². The zero-order valence-electron chi connectivity index (χ0n) is 6.91. The maximum Gasteiger partial charge on any atom is 0.573 e. The molecule has 0 amide bonds. The maximum absolute atomic E-state index is 11.8. The van der Waals surface area contributed by atoms with Crippen LogP contribution in [0.3, 0.4) is 0 Å². The Kier molecular flexibility index (Phi) is 3.06. The molecule has 0 aliphatic carbocycles. The minimum Gasteiger partial charge on any atom is -0.406 e. The van der Waals surface area contributed by atoms with Crippen LogP contribution in [0.4, 0.5) is 13.2 Å². The molecule has 1 rings (SSSR count). The fourth-order valence-corrected chi connectivity index (χ4v) is 0.915. The molecule has 0 bridgehead atoms. The molecular formula is C8H6F3NO2. The molecule has 6 heteroatoms. The SMILES string of the molecule is O=NCc1cccc(OC(F)(F)F)c1. The van der Waals surface area contributed by atoms with Crippen LogP contribution in [0.2, 0.25) is 0 Å². The van der Waals surface area contributed by atoms with Gasteiger partial charge >= 0.3 is 6.36 Å². The van der Waals surface area contributed by atoms with Crippen LogP contribution < -0.4 is 4.74 Å². The Labute approximate surface area is 77.5 Å². The van der Waals surface area contributed by atoms with E-state index >= 15 is 0 Å². The predicted molar refractivity (Wildman–Crippen MR) is 42.6 cm³/mol. The molecule has 0 fully saturated rings. The van der Waals surface area contributed by atoms with E-state index in [9.17, 15) is 18.1 Å². The number of benzene rings is 1. The maximum atomic E-state index is 11.8. The molecule has 0 atom stereocenters. The molecule has 0 radical (unpaired) electrons. The van der Waals surface area contributed by atoms with Gasteiger partial charge in [0, 0.05) is 0 Å². The molecule has 1 aromatic carbocycles. The van der Waals surface area contributed by atoms with Gasteiger partial charge in [-0.2, -0.15) is 4.91 Å². The molecule has 14 heavy (non-hydrogen) atoms. The Morgan fingerprint density at radius 1 is 1.36 bits per heavy atom. The summed E-state index contributed by atoms with van der Waals surface area (Å²) in [5, 5.41) is 2.56. The lowest BCUT2D eigenvalue weighted by molar-refractivity contribution is -0.274. The highest BCUT2D eigenvalue weighted by atomic mass is 19.4. The fourth-order valence-electron chi connectivity index (χ4n) is 0.915. The van der Waals surface area contributed by atoms with E-state index in [4.69, 9.17) is 0 Å². The predicted octanol–water partition coefficient (Wildman–Crippen LogP) is 2.85. The summed E-state index contributed by atoms with van der Waals surface area (Å²) in [5.41, 5.74) is 0.377. The van der Waals surface area contributed by atoms with Crippen molar-refractivity contribution in [3.8, 4) is 5.75 Å². The highest BCUT2D eigenvalue weighted by molar-refractivity contribution is 5.28. The second-order valence-electron chi connectivity index (χ2n) is 2.48. The number of rotatable bonds is 3. The first-order valence-electron chi connectivity index (χ1n) is 3.65. The number of hydrogen-bond acceptors (Lipinski definition) is 3. The average Bonchev–Trinajstić information content (AvgIpc) is 2.02. The van der Waals surface area contributed by atoms with Crippen LogP contribution in [-0.4, -0.2) is 6.36 Å². The molecule has 0 heterocycles. The lowest BCUT2D eigenvalue weighted by Gasteiger charge is -2.08. The van der Waals surface area contributed by atoms with Gasteiger partial charge in [0.1, 0.15) is 12.3 Å². The van der Waals surface area contributed by atoms with Crippen LogP contribution >= 0.6 is 0 Å². The topological polar surface area (TPSA) is 38.7 Å². The van der Waals surface area contributed by atoms with Gasteiger partial charge in [0.15, 0.2) is 0 Å². The minimum atomic E-state index is -4.72. The molecule has 0 aromatic heterocycles. The molecule has 0 aliphatic rings. The summed E-state index contributed by atoms with van der Waals surface area (Å²) in [6, 6.07) is 5.13. The third-order valence-corrected chi connectivity index (χ3v) is 1.38. The lowest BCUT2D eigenvalue weighted by atomic mass is 10.2. The van der Waals surface area contributed by atoms with E-state index in [2.05, 4.69) is 9.91 Å². The normalized spacial score (nSPS) is 11.1. The van der Waals surface area contributed by atoms with Crippen LogP contribution in [0, 0.1) is 4.91 Å². The molecule has 0 unspecified atom stereocenters. The smallest absolute Gasteiger partial charge is 0.406 e. The molecular weight excluding hydrogens is 199 g/mol. The van der Waals surface area contributed by atoms with E-state index < -0.39 is 6.36 Å². The van der Waals surface area contributed by atoms with Gasteiger partial charge in [-0.1, -0.05) is 17.3 Å². The summed E-state index contributed by atoms with van der Waals surface area (Å²) in [4.78, 5) is 9.86. The molecule has 0 N–H and O–H groups in total. The largest absolute Gasteiger partial charge is 0.573 e. The third kappa shape index (κ3) is 3.42. The summed E-state index contributed by atoms with van der Waals surface area (Å²) in [7, 11) is 0. The van der Waals surface area contributed by atoms with Crippen molar-refractivity contribution in [1.29, 1.82) is 0 Å². The van der Waals surface area contributed by atoms with Gasteiger partial charge in [-0.05, 0) is 17.7 Å². The van der Waals surface area contributed by atoms with Gasteiger partial charge in [0.2, 0.25) is 0 Å². The van der Waals surface area contributed by atoms with Crippen molar-refractivity contribution in [1.82, 2.24) is 0 Å². The number of nitroso groups, excluding NO2 is 1. The molecule has 0 aliphatic heterocycles. The van der Waals surface area contributed by atoms with Crippen LogP contribution in [0.15, 0.2) is 29.4 Å². The van der Waals surface area contributed by atoms with Gasteiger partial charge in [-0.3, -0.25) is 0 Å². The van der Waals surface area contributed by atoms with Crippen molar-refractivity contribution in [2.24, 2.45) is 5.18 Å². The molecule has 0 spiro atoms. The summed E-state index contributed by atoms with van der Waals surface area (Å²) < 4.78 is 38.9. The summed E-state index contributed by atoms with van der Waals surface area (Å²) >= 11 is 0. The Hall–Kier alpha value is -1.59. The first-order chi connectivity index (χ1) is 6.51. The second kappa shape index (κ2) is 4.08. The monoisotopic (exact) mass is 205 g/mol. The van der Waals surface area contributed by atoms with E-state index in [1.807, 2.05) is 0 Å². The van der Waals surface area contributed by atoms with Gasteiger partial charge in [0.25, 0.3) is 0 Å². The average molecular weight is 205 g/mol. The molecule has 0 saturated carbocycles. The van der Waals surface area contributed by atoms with E-state index in [0.29, 0.717) is 5.56 Å². The quantitative estimate of drug-likeness (QED) is 0.711. The van der Waals surface area contributed by atoms with E-state index in [1.165, 1.54) is 12.1 Å². The fraction of sp³-hybridized carbons (Fsp3) is 0.250. The standard InChI is InChI=1S/C8H6F3NO2/c9-8(10,11)14-7-3-1-2-6(4-7)5-12-13/h1-4H,5H2. The molecule has 1 aromatic rings. The number of halogens is 3. The molecule has 76 valence electrons. The Balaban J connectivity index is 2.78. The first-order valence-corrected chi connectivity index (χ1v) is 3.65. The number of nitrogens with zero attached hydrogens (tertiary/aromatic N) is 1. The van der Waals surface area contributed by atoms with Crippen molar-refractivity contribution >= 4 is 0 Å². The van der Waals surface area contributed by atoms with Crippen LogP contribution in [0.1, 0.15) is 5.56 Å². The van der Waals surface area contributed by atoms with Crippen molar-refractivity contribution in [2.45, 2.75) is 12.9 Å². The zero-order chi connectivity index (χ0) is 10.6. The Bertz CT molecular complexity index is 325. The van der Waals surface area contributed by atoms with E-state index in [1.54, 1.807) is 0 Å². The number of ether oxygens (including phenoxy) is 1. The summed E-state index contributed by atoms with van der Waals surface area (Å²) in [6.07, 6.45) is -4.72.